The molecule has 128 valence electrons. The maximum Gasteiger partial charge on any atom is 0.328 e. The molecule has 0 aromatic carbocycles. The predicted octanol–water partition coefficient (Wildman–Crippen LogP) is 3.11. The number of aliphatic hydroxyl groups is 3. The molecule has 0 atom stereocenters. The molecule has 0 aliphatic rings. The fourth-order valence-corrected chi connectivity index (χ4v) is 2.17. The minimum Gasteiger partial charge on any atom is -0.478 e. The van der Waals surface area contributed by atoms with Gasteiger partial charge < -0.3 is 20.4 Å². The van der Waals surface area contributed by atoms with Gasteiger partial charge in [-0.2, -0.15) is 0 Å². The van der Waals surface area contributed by atoms with Crippen molar-refractivity contribution >= 4 is 5.97 Å². The molecule has 0 fully saturated rings. The van der Waals surface area contributed by atoms with E-state index in [1.807, 2.05) is 6.08 Å². The molecule has 0 saturated heterocycles. The molecule has 0 unspecified atom stereocenters. The number of carbonyl (C=O) groups is 1. The van der Waals surface area contributed by atoms with Crippen molar-refractivity contribution in [1.29, 1.82) is 0 Å². The molecule has 4 N–H and O–H groups in total. The minimum atomic E-state index is -2.50. The van der Waals surface area contributed by atoms with E-state index in [4.69, 9.17) is 20.4 Å². The van der Waals surface area contributed by atoms with Crippen LogP contribution >= 0.6 is 0 Å². The van der Waals surface area contributed by atoms with Gasteiger partial charge >= 0.3 is 5.97 Å². The smallest absolute Gasteiger partial charge is 0.328 e. The van der Waals surface area contributed by atoms with Gasteiger partial charge in [0.15, 0.2) is 0 Å². The van der Waals surface area contributed by atoms with Gasteiger partial charge in [-0.15, -0.1) is 0 Å². The standard InChI is InChI=1S/C17H30O5/c18-16(19)14-12-10-8-6-4-2-1-3-5-7-9-11-13-15-17(20,21)22/h8,10,12,14,20-22H,1-7,9,11,13,15H2,(H,18,19). The van der Waals surface area contributed by atoms with Gasteiger partial charge in [0, 0.05) is 12.5 Å². The Kier molecular flexibility index (Phi) is 12.8. The Labute approximate surface area is 133 Å². The molecular weight excluding hydrogens is 284 g/mol. The third-order valence-corrected chi connectivity index (χ3v) is 3.37. The first-order valence-electron chi connectivity index (χ1n) is 8.15. The van der Waals surface area contributed by atoms with Gasteiger partial charge in [-0.1, -0.05) is 63.2 Å². The zero-order chi connectivity index (χ0) is 16.7. The molecule has 0 aliphatic heterocycles. The Hall–Kier alpha value is -1.17. The van der Waals surface area contributed by atoms with Crippen LogP contribution in [0.5, 0.6) is 0 Å². The fourth-order valence-electron chi connectivity index (χ4n) is 2.17. The summed E-state index contributed by atoms with van der Waals surface area (Å²) in [6, 6.07) is 0. The number of hydrogen-bond donors (Lipinski definition) is 4. The van der Waals surface area contributed by atoms with Crippen LogP contribution in [0.3, 0.4) is 0 Å². The zero-order valence-corrected chi connectivity index (χ0v) is 13.3. The number of carboxylic acid groups (broad SMARTS) is 1. The molecular formula is C17H30O5. The monoisotopic (exact) mass is 314 g/mol. The molecule has 0 heterocycles. The van der Waals surface area contributed by atoms with Crippen LogP contribution < -0.4 is 0 Å². The van der Waals surface area contributed by atoms with Crippen molar-refractivity contribution in [2.24, 2.45) is 0 Å². The van der Waals surface area contributed by atoms with Crippen LogP contribution in [0.1, 0.15) is 70.6 Å². The summed E-state index contributed by atoms with van der Waals surface area (Å²) in [5, 5.41) is 34.5. The zero-order valence-electron chi connectivity index (χ0n) is 13.3. The highest BCUT2D eigenvalue weighted by molar-refractivity contribution is 5.80. The summed E-state index contributed by atoms with van der Waals surface area (Å²) in [5.74, 6) is -3.43. The van der Waals surface area contributed by atoms with Crippen LogP contribution in [0.2, 0.25) is 0 Å². The molecule has 0 aromatic heterocycles. The van der Waals surface area contributed by atoms with E-state index in [-0.39, 0.29) is 6.42 Å². The van der Waals surface area contributed by atoms with Crippen molar-refractivity contribution in [3.05, 3.63) is 24.3 Å². The Morgan fingerprint density at radius 2 is 1.27 bits per heavy atom. The summed E-state index contributed by atoms with van der Waals surface area (Å²) in [6.45, 7) is 0. The highest BCUT2D eigenvalue weighted by atomic mass is 16.7. The second kappa shape index (κ2) is 13.5. The Bertz CT molecular complexity index is 328. The van der Waals surface area contributed by atoms with Crippen LogP contribution in [0.25, 0.3) is 0 Å². The van der Waals surface area contributed by atoms with Crippen molar-refractivity contribution in [2.75, 3.05) is 0 Å². The first kappa shape index (κ1) is 20.8. The minimum absolute atomic E-state index is 0.0160. The number of rotatable bonds is 14. The van der Waals surface area contributed by atoms with Gasteiger partial charge in [0.05, 0.1) is 0 Å². The maximum absolute atomic E-state index is 10.2. The van der Waals surface area contributed by atoms with Crippen molar-refractivity contribution in [3.63, 3.8) is 0 Å². The Balaban J connectivity index is 3.19. The molecule has 22 heavy (non-hydrogen) atoms. The summed E-state index contributed by atoms with van der Waals surface area (Å²) in [6.07, 6.45) is 17.1. The van der Waals surface area contributed by atoms with E-state index in [2.05, 4.69) is 0 Å². The number of carboxylic acids is 1. The fraction of sp³-hybridized carbons (Fsp3) is 0.706. The van der Waals surface area contributed by atoms with Gasteiger partial charge in [-0.3, -0.25) is 0 Å². The number of unbranched alkanes of at least 4 members (excludes halogenated alkanes) is 9. The molecule has 0 aromatic rings. The lowest BCUT2D eigenvalue weighted by atomic mass is 10.1. The lowest BCUT2D eigenvalue weighted by Gasteiger charge is -2.12. The molecule has 0 bridgehead atoms. The maximum atomic E-state index is 10.2. The Morgan fingerprint density at radius 1 is 0.773 bits per heavy atom. The third-order valence-electron chi connectivity index (χ3n) is 3.37. The van der Waals surface area contributed by atoms with Gasteiger partial charge in [0.2, 0.25) is 0 Å². The van der Waals surface area contributed by atoms with Crippen LogP contribution in [-0.2, 0) is 4.79 Å². The van der Waals surface area contributed by atoms with E-state index in [9.17, 15) is 4.79 Å². The predicted molar refractivity (Wildman–Crippen MR) is 86.1 cm³/mol. The van der Waals surface area contributed by atoms with Gasteiger partial charge in [0.1, 0.15) is 0 Å². The number of aliphatic carboxylic acids is 1. The van der Waals surface area contributed by atoms with Crippen LogP contribution in [0.15, 0.2) is 24.3 Å². The summed E-state index contributed by atoms with van der Waals surface area (Å²) in [5.41, 5.74) is 0. The second-order valence-electron chi connectivity index (χ2n) is 5.62. The average Bonchev–Trinajstić information content (AvgIpc) is 2.41. The third kappa shape index (κ3) is 18.8. The van der Waals surface area contributed by atoms with E-state index in [1.165, 1.54) is 31.8 Å². The first-order valence-corrected chi connectivity index (χ1v) is 8.15. The van der Waals surface area contributed by atoms with Crippen LogP contribution in [-0.4, -0.2) is 32.4 Å². The quantitative estimate of drug-likeness (QED) is 0.171. The molecule has 0 saturated carbocycles. The number of hydrogen-bond acceptors (Lipinski definition) is 4. The average molecular weight is 314 g/mol. The van der Waals surface area contributed by atoms with E-state index in [0.29, 0.717) is 6.42 Å². The topological polar surface area (TPSA) is 98.0 Å². The van der Waals surface area contributed by atoms with Gasteiger partial charge in [0.25, 0.3) is 5.97 Å². The van der Waals surface area contributed by atoms with E-state index >= 15 is 0 Å². The SMILES string of the molecule is O=C(O)C=CC=CCCCCCCCCCCCC(O)(O)O. The van der Waals surface area contributed by atoms with E-state index in [1.54, 1.807) is 6.08 Å². The molecule has 0 aliphatic carbocycles. The van der Waals surface area contributed by atoms with Crippen molar-refractivity contribution in [2.45, 2.75) is 76.6 Å². The molecule has 0 amide bonds. The molecule has 0 spiro atoms. The van der Waals surface area contributed by atoms with E-state index in [0.717, 1.165) is 38.2 Å². The molecule has 0 radical (unpaired) electrons. The van der Waals surface area contributed by atoms with Crippen molar-refractivity contribution in [1.82, 2.24) is 0 Å². The molecule has 5 heteroatoms. The van der Waals surface area contributed by atoms with Crippen molar-refractivity contribution in [3.8, 4) is 0 Å². The lowest BCUT2D eigenvalue weighted by Crippen LogP contribution is -2.26. The summed E-state index contributed by atoms with van der Waals surface area (Å²) < 4.78 is 0. The summed E-state index contributed by atoms with van der Waals surface area (Å²) in [7, 11) is 0. The molecule has 5 nitrogen and oxygen atoms in total. The van der Waals surface area contributed by atoms with Gasteiger partial charge in [-0.05, 0) is 19.3 Å². The van der Waals surface area contributed by atoms with E-state index < -0.39 is 11.9 Å². The molecule has 0 rings (SSSR count). The Morgan fingerprint density at radius 3 is 1.77 bits per heavy atom. The lowest BCUT2D eigenvalue weighted by molar-refractivity contribution is -0.315. The van der Waals surface area contributed by atoms with Gasteiger partial charge in [-0.25, -0.2) is 4.79 Å². The van der Waals surface area contributed by atoms with Crippen LogP contribution in [0, 0.1) is 0 Å². The normalized spacial score (nSPS) is 12.5. The largest absolute Gasteiger partial charge is 0.478 e. The first-order chi connectivity index (χ1) is 10.4. The highest BCUT2D eigenvalue weighted by Gasteiger charge is 2.16. The summed E-state index contributed by atoms with van der Waals surface area (Å²) >= 11 is 0. The summed E-state index contributed by atoms with van der Waals surface area (Å²) in [4.78, 5) is 10.2. The highest BCUT2D eigenvalue weighted by Crippen LogP contribution is 2.13. The number of allylic oxidation sites excluding steroid dienone is 3. The van der Waals surface area contributed by atoms with Crippen molar-refractivity contribution < 1.29 is 25.2 Å². The second-order valence-corrected chi connectivity index (χ2v) is 5.62. The van der Waals surface area contributed by atoms with Crippen LogP contribution in [0.4, 0.5) is 0 Å².